The highest BCUT2D eigenvalue weighted by Gasteiger charge is 2.30. The molecule has 2 aliphatic rings. The summed E-state index contributed by atoms with van der Waals surface area (Å²) in [6, 6.07) is 10.6. The molecular weight excluding hydrogens is 314 g/mol. The molecule has 0 spiro atoms. The Bertz CT molecular complexity index is 574. The van der Waals surface area contributed by atoms with Crippen LogP contribution in [-0.4, -0.2) is 72.3 Å². The fourth-order valence-corrected chi connectivity index (χ4v) is 3.82. The van der Waals surface area contributed by atoms with Gasteiger partial charge in [-0.15, -0.1) is 0 Å². The van der Waals surface area contributed by atoms with E-state index < -0.39 is 0 Å². The third-order valence-corrected chi connectivity index (χ3v) is 5.53. The van der Waals surface area contributed by atoms with E-state index in [0.29, 0.717) is 5.91 Å². The van der Waals surface area contributed by atoms with E-state index in [0.717, 1.165) is 65.1 Å². The van der Waals surface area contributed by atoms with Crippen molar-refractivity contribution in [2.24, 2.45) is 5.92 Å². The molecule has 2 amide bonds. The highest BCUT2D eigenvalue weighted by molar-refractivity contribution is 5.79. The van der Waals surface area contributed by atoms with E-state index in [2.05, 4.69) is 35.2 Å². The molecule has 0 radical (unpaired) electrons. The first-order chi connectivity index (χ1) is 12.1. The molecule has 2 fully saturated rings. The lowest BCUT2D eigenvalue weighted by atomic mass is 9.95. The SMILES string of the molecule is CC(=O)N1CCC(C(=O)N2CCN(CCc3ccccc3)CC2)CC1. The maximum Gasteiger partial charge on any atom is 0.225 e. The molecule has 0 bridgehead atoms. The summed E-state index contributed by atoms with van der Waals surface area (Å²) in [6.45, 7) is 7.71. The largest absolute Gasteiger partial charge is 0.343 e. The molecule has 3 rings (SSSR count). The van der Waals surface area contributed by atoms with E-state index in [1.165, 1.54) is 5.56 Å². The van der Waals surface area contributed by atoms with Gasteiger partial charge in [0.2, 0.25) is 11.8 Å². The number of rotatable bonds is 4. The fourth-order valence-electron chi connectivity index (χ4n) is 3.82. The Morgan fingerprint density at radius 3 is 2.16 bits per heavy atom. The van der Waals surface area contributed by atoms with Crippen LogP contribution in [0.3, 0.4) is 0 Å². The average molecular weight is 343 g/mol. The van der Waals surface area contributed by atoms with Crippen LogP contribution >= 0.6 is 0 Å². The Morgan fingerprint density at radius 1 is 0.920 bits per heavy atom. The van der Waals surface area contributed by atoms with E-state index in [1.54, 1.807) is 6.92 Å². The first-order valence-electron chi connectivity index (χ1n) is 9.44. The number of likely N-dealkylation sites (tertiary alicyclic amines) is 1. The summed E-state index contributed by atoms with van der Waals surface area (Å²) in [5, 5.41) is 0. The third-order valence-electron chi connectivity index (χ3n) is 5.53. The van der Waals surface area contributed by atoms with Crippen molar-refractivity contribution < 1.29 is 9.59 Å². The normalized spacial score (nSPS) is 19.9. The molecule has 1 aromatic rings. The molecule has 25 heavy (non-hydrogen) atoms. The number of hydrogen-bond acceptors (Lipinski definition) is 3. The summed E-state index contributed by atoms with van der Waals surface area (Å²) in [4.78, 5) is 30.5. The summed E-state index contributed by atoms with van der Waals surface area (Å²) < 4.78 is 0. The van der Waals surface area contributed by atoms with Crippen LogP contribution in [0.5, 0.6) is 0 Å². The van der Waals surface area contributed by atoms with Gasteiger partial charge in [0.25, 0.3) is 0 Å². The van der Waals surface area contributed by atoms with Gasteiger partial charge in [0.1, 0.15) is 0 Å². The lowest BCUT2D eigenvalue weighted by molar-refractivity contribution is -0.141. The van der Waals surface area contributed by atoms with Crippen molar-refractivity contribution in [3.63, 3.8) is 0 Å². The summed E-state index contributed by atoms with van der Waals surface area (Å²) in [6.07, 6.45) is 2.69. The molecule has 1 aromatic carbocycles. The second kappa shape index (κ2) is 8.48. The number of hydrogen-bond donors (Lipinski definition) is 0. The average Bonchev–Trinajstić information content (AvgIpc) is 2.67. The van der Waals surface area contributed by atoms with Crippen molar-refractivity contribution in [1.82, 2.24) is 14.7 Å². The predicted octanol–water partition coefficient (Wildman–Crippen LogP) is 1.63. The molecule has 0 saturated carbocycles. The van der Waals surface area contributed by atoms with Gasteiger partial charge in [-0.1, -0.05) is 30.3 Å². The summed E-state index contributed by atoms with van der Waals surface area (Å²) in [5.41, 5.74) is 1.37. The maximum absolute atomic E-state index is 12.7. The molecule has 0 N–H and O–H groups in total. The minimum absolute atomic E-state index is 0.103. The molecule has 5 heteroatoms. The Hall–Kier alpha value is -1.88. The first kappa shape index (κ1) is 17.9. The molecule has 2 saturated heterocycles. The second-order valence-corrected chi connectivity index (χ2v) is 7.18. The van der Waals surface area contributed by atoms with E-state index >= 15 is 0 Å². The quantitative estimate of drug-likeness (QED) is 0.835. The molecule has 2 heterocycles. The van der Waals surface area contributed by atoms with Crippen molar-refractivity contribution in [2.45, 2.75) is 26.2 Å². The van der Waals surface area contributed by atoms with Crippen LogP contribution in [0.2, 0.25) is 0 Å². The zero-order chi connectivity index (χ0) is 17.6. The fraction of sp³-hybridized carbons (Fsp3) is 0.600. The van der Waals surface area contributed by atoms with Crippen LogP contribution in [0.1, 0.15) is 25.3 Å². The summed E-state index contributed by atoms with van der Waals surface area (Å²) >= 11 is 0. The molecule has 136 valence electrons. The van der Waals surface area contributed by atoms with E-state index in [1.807, 2.05) is 9.80 Å². The van der Waals surface area contributed by atoms with Gasteiger partial charge in [0, 0.05) is 58.7 Å². The Morgan fingerprint density at radius 2 is 1.56 bits per heavy atom. The van der Waals surface area contributed by atoms with Crippen molar-refractivity contribution in [3.05, 3.63) is 35.9 Å². The smallest absolute Gasteiger partial charge is 0.225 e. The zero-order valence-electron chi connectivity index (χ0n) is 15.2. The third kappa shape index (κ3) is 4.82. The molecule has 2 aliphatic heterocycles. The lowest BCUT2D eigenvalue weighted by Gasteiger charge is -2.38. The van der Waals surface area contributed by atoms with Crippen LogP contribution in [0.25, 0.3) is 0 Å². The number of amides is 2. The van der Waals surface area contributed by atoms with E-state index in [-0.39, 0.29) is 11.8 Å². The van der Waals surface area contributed by atoms with Crippen LogP contribution in [-0.2, 0) is 16.0 Å². The maximum atomic E-state index is 12.7. The summed E-state index contributed by atoms with van der Waals surface area (Å²) in [7, 11) is 0. The van der Waals surface area contributed by atoms with Gasteiger partial charge < -0.3 is 9.80 Å². The van der Waals surface area contributed by atoms with Crippen LogP contribution in [0.15, 0.2) is 30.3 Å². The molecule has 0 aliphatic carbocycles. The standard InChI is InChI=1S/C20H29N3O2/c1-17(24)22-11-8-19(9-12-22)20(25)23-15-13-21(14-16-23)10-7-18-5-3-2-4-6-18/h2-6,19H,7-16H2,1H3. The number of carbonyl (C=O) groups is 2. The molecular formula is C20H29N3O2. The Labute approximate surface area is 150 Å². The van der Waals surface area contributed by atoms with Gasteiger partial charge in [0.15, 0.2) is 0 Å². The molecule has 0 atom stereocenters. The van der Waals surface area contributed by atoms with Crippen LogP contribution in [0, 0.1) is 5.92 Å². The minimum Gasteiger partial charge on any atom is -0.343 e. The van der Waals surface area contributed by atoms with Crippen molar-refractivity contribution in [1.29, 1.82) is 0 Å². The van der Waals surface area contributed by atoms with E-state index in [9.17, 15) is 9.59 Å². The second-order valence-electron chi connectivity index (χ2n) is 7.18. The number of piperidine rings is 1. The van der Waals surface area contributed by atoms with E-state index in [4.69, 9.17) is 0 Å². The topological polar surface area (TPSA) is 43.9 Å². The van der Waals surface area contributed by atoms with Crippen molar-refractivity contribution >= 4 is 11.8 Å². The zero-order valence-corrected chi connectivity index (χ0v) is 15.2. The Balaban J connectivity index is 1.40. The van der Waals surface area contributed by atoms with Gasteiger partial charge in [0.05, 0.1) is 0 Å². The van der Waals surface area contributed by atoms with Crippen LogP contribution in [0.4, 0.5) is 0 Å². The molecule has 0 unspecified atom stereocenters. The van der Waals surface area contributed by atoms with Crippen molar-refractivity contribution in [2.75, 3.05) is 45.8 Å². The molecule has 0 aromatic heterocycles. The number of benzene rings is 1. The number of nitrogens with zero attached hydrogens (tertiary/aromatic N) is 3. The predicted molar refractivity (Wildman–Crippen MR) is 98.1 cm³/mol. The number of carbonyl (C=O) groups excluding carboxylic acids is 2. The number of piperazine rings is 1. The highest BCUT2D eigenvalue weighted by atomic mass is 16.2. The van der Waals surface area contributed by atoms with Gasteiger partial charge in [-0.2, -0.15) is 0 Å². The first-order valence-corrected chi connectivity index (χ1v) is 9.44. The van der Waals surface area contributed by atoms with Crippen molar-refractivity contribution in [3.8, 4) is 0 Å². The Kier molecular flexibility index (Phi) is 6.08. The monoisotopic (exact) mass is 343 g/mol. The van der Waals surface area contributed by atoms with Gasteiger partial charge in [-0.05, 0) is 24.8 Å². The highest BCUT2D eigenvalue weighted by Crippen LogP contribution is 2.20. The van der Waals surface area contributed by atoms with Gasteiger partial charge in [-0.25, -0.2) is 0 Å². The minimum atomic E-state index is 0.103. The van der Waals surface area contributed by atoms with Gasteiger partial charge >= 0.3 is 0 Å². The van der Waals surface area contributed by atoms with Crippen LogP contribution < -0.4 is 0 Å². The molecule has 5 nitrogen and oxygen atoms in total. The lowest BCUT2D eigenvalue weighted by Crippen LogP contribution is -2.52. The van der Waals surface area contributed by atoms with Gasteiger partial charge in [-0.3, -0.25) is 14.5 Å². The summed E-state index contributed by atoms with van der Waals surface area (Å²) in [5.74, 6) is 0.523.